The first-order valence-corrected chi connectivity index (χ1v) is 7.39. The Morgan fingerprint density at radius 2 is 1.74 bits per heavy atom. The van der Waals surface area contributed by atoms with Gasteiger partial charge in [0.15, 0.2) is 0 Å². The van der Waals surface area contributed by atoms with E-state index in [1.807, 2.05) is 0 Å². The summed E-state index contributed by atoms with van der Waals surface area (Å²) in [6, 6.07) is 12.8. The average Bonchev–Trinajstić information content (AvgIpc) is 2.55. The summed E-state index contributed by atoms with van der Waals surface area (Å²) in [5.41, 5.74) is 0.985. The fraction of sp³-hybridized carbons (Fsp3) is 0.176. The van der Waals surface area contributed by atoms with E-state index in [1.165, 1.54) is 7.11 Å². The summed E-state index contributed by atoms with van der Waals surface area (Å²) in [7, 11) is 1.52. The van der Waals surface area contributed by atoms with Crippen LogP contribution in [0.15, 0.2) is 48.5 Å². The average molecular weight is 333 g/mol. The van der Waals surface area contributed by atoms with Crippen molar-refractivity contribution in [2.75, 3.05) is 12.4 Å². The fourth-order valence-corrected chi connectivity index (χ4v) is 2.06. The summed E-state index contributed by atoms with van der Waals surface area (Å²) in [6.45, 7) is 1.61. The van der Waals surface area contributed by atoms with Crippen LogP contribution in [0.2, 0.25) is 5.02 Å². The van der Waals surface area contributed by atoms with Crippen LogP contribution in [0.1, 0.15) is 17.3 Å². The summed E-state index contributed by atoms with van der Waals surface area (Å²) in [6.07, 6.45) is 0. The van der Waals surface area contributed by atoms with Crippen LogP contribution in [-0.4, -0.2) is 25.0 Å². The molecule has 0 bridgehead atoms. The van der Waals surface area contributed by atoms with Gasteiger partial charge in [0.25, 0.3) is 5.91 Å². The predicted molar refractivity (Wildman–Crippen MR) is 90.0 cm³/mol. The van der Waals surface area contributed by atoms with Crippen LogP contribution in [0.25, 0.3) is 0 Å². The lowest BCUT2D eigenvalue weighted by molar-refractivity contribution is -0.117. The van der Waals surface area contributed by atoms with E-state index in [9.17, 15) is 9.59 Å². The van der Waals surface area contributed by atoms with Gasteiger partial charge in [-0.15, -0.1) is 0 Å². The first-order chi connectivity index (χ1) is 11.0. The largest absolute Gasteiger partial charge is 0.495 e. The number of ether oxygens (including phenoxy) is 1. The van der Waals surface area contributed by atoms with E-state index in [0.717, 1.165) is 0 Å². The lowest BCUT2D eigenvalue weighted by atomic mass is 10.2. The Morgan fingerprint density at radius 3 is 2.39 bits per heavy atom. The summed E-state index contributed by atoms with van der Waals surface area (Å²) in [4.78, 5) is 24.3. The standard InChI is InChI=1S/C17H17ClN2O3/c1-11(19-17(22)12-7-9-13(18)10-8-12)16(21)20-14-5-3-4-6-15(14)23-2/h3-11H,1-2H3,(H,19,22)(H,20,21). The molecule has 0 heterocycles. The van der Waals surface area contributed by atoms with Gasteiger partial charge >= 0.3 is 0 Å². The molecule has 0 aliphatic rings. The third-order valence-corrected chi connectivity index (χ3v) is 3.46. The quantitative estimate of drug-likeness (QED) is 0.884. The number of benzene rings is 2. The van der Waals surface area contributed by atoms with Crippen LogP contribution in [0.3, 0.4) is 0 Å². The monoisotopic (exact) mass is 332 g/mol. The zero-order chi connectivity index (χ0) is 16.8. The minimum Gasteiger partial charge on any atom is -0.495 e. The van der Waals surface area contributed by atoms with E-state index >= 15 is 0 Å². The molecule has 0 saturated heterocycles. The van der Waals surface area contributed by atoms with Crippen LogP contribution in [0.4, 0.5) is 5.69 Å². The molecule has 6 heteroatoms. The van der Waals surface area contributed by atoms with Gasteiger partial charge < -0.3 is 15.4 Å². The summed E-state index contributed by atoms with van der Waals surface area (Å²) < 4.78 is 5.17. The molecule has 2 amide bonds. The zero-order valence-electron chi connectivity index (χ0n) is 12.8. The van der Waals surface area contributed by atoms with Crippen molar-refractivity contribution < 1.29 is 14.3 Å². The van der Waals surface area contributed by atoms with Crippen LogP contribution in [0.5, 0.6) is 5.75 Å². The normalized spacial score (nSPS) is 11.4. The lowest BCUT2D eigenvalue weighted by Gasteiger charge is -2.15. The fourth-order valence-electron chi connectivity index (χ4n) is 1.94. The second-order valence-corrected chi connectivity index (χ2v) is 5.33. The van der Waals surface area contributed by atoms with Crippen LogP contribution in [-0.2, 0) is 4.79 Å². The highest BCUT2D eigenvalue weighted by molar-refractivity contribution is 6.30. The highest BCUT2D eigenvalue weighted by atomic mass is 35.5. The molecule has 0 spiro atoms. The van der Waals surface area contributed by atoms with Gasteiger partial charge in [0.2, 0.25) is 5.91 Å². The molecule has 1 unspecified atom stereocenters. The predicted octanol–water partition coefficient (Wildman–Crippen LogP) is 3.11. The van der Waals surface area contributed by atoms with E-state index < -0.39 is 6.04 Å². The summed E-state index contributed by atoms with van der Waals surface area (Å²) in [5, 5.41) is 5.91. The molecule has 2 rings (SSSR count). The maximum absolute atomic E-state index is 12.2. The van der Waals surface area contributed by atoms with E-state index in [1.54, 1.807) is 55.5 Å². The number of methoxy groups -OCH3 is 1. The van der Waals surface area contributed by atoms with Crippen molar-refractivity contribution >= 4 is 29.1 Å². The van der Waals surface area contributed by atoms with Gasteiger partial charge in [0.1, 0.15) is 11.8 Å². The van der Waals surface area contributed by atoms with Gasteiger partial charge in [-0.05, 0) is 43.3 Å². The van der Waals surface area contributed by atoms with Crippen LogP contribution in [0, 0.1) is 0 Å². The molecule has 0 aliphatic heterocycles. The number of carbonyl (C=O) groups is 2. The Kier molecular flexibility index (Phi) is 5.60. The first-order valence-electron chi connectivity index (χ1n) is 7.01. The van der Waals surface area contributed by atoms with Crippen molar-refractivity contribution in [1.82, 2.24) is 5.32 Å². The molecule has 0 fully saturated rings. The summed E-state index contributed by atoms with van der Waals surface area (Å²) in [5.74, 6) is -0.127. The van der Waals surface area contributed by atoms with Gasteiger partial charge in [-0.1, -0.05) is 23.7 Å². The Balaban J connectivity index is 1.99. The maximum atomic E-state index is 12.2. The van der Waals surface area contributed by atoms with Gasteiger partial charge in [-0.2, -0.15) is 0 Å². The molecule has 0 saturated carbocycles. The zero-order valence-corrected chi connectivity index (χ0v) is 13.6. The highest BCUT2D eigenvalue weighted by Gasteiger charge is 2.17. The minimum absolute atomic E-state index is 0.336. The van der Waals surface area contributed by atoms with Crippen molar-refractivity contribution in [2.24, 2.45) is 0 Å². The van der Waals surface area contributed by atoms with Gasteiger partial charge in [-0.3, -0.25) is 9.59 Å². The molecule has 120 valence electrons. The maximum Gasteiger partial charge on any atom is 0.251 e. The molecule has 2 aromatic carbocycles. The van der Waals surface area contributed by atoms with E-state index in [0.29, 0.717) is 22.0 Å². The number of amides is 2. The van der Waals surface area contributed by atoms with Crippen molar-refractivity contribution in [1.29, 1.82) is 0 Å². The Labute approximate surface area is 139 Å². The van der Waals surface area contributed by atoms with Crippen LogP contribution >= 0.6 is 11.6 Å². The lowest BCUT2D eigenvalue weighted by Crippen LogP contribution is -2.41. The number of nitrogens with one attached hydrogen (secondary N) is 2. The third-order valence-electron chi connectivity index (χ3n) is 3.21. The minimum atomic E-state index is -0.705. The molecule has 2 N–H and O–H groups in total. The summed E-state index contributed by atoms with van der Waals surface area (Å²) >= 11 is 5.78. The molecular formula is C17H17ClN2O3. The van der Waals surface area contributed by atoms with Crippen molar-refractivity contribution in [2.45, 2.75) is 13.0 Å². The number of para-hydroxylation sites is 2. The number of rotatable bonds is 5. The molecular weight excluding hydrogens is 316 g/mol. The van der Waals surface area contributed by atoms with Gasteiger partial charge in [0, 0.05) is 10.6 Å². The molecule has 2 aromatic rings. The Bertz CT molecular complexity index is 701. The third kappa shape index (κ3) is 4.47. The number of halogens is 1. The first kappa shape index (κ1) is 16.8. The molecule has 23 heavy (non-hydrogen) atoms. The van der Waals surface area contributed by atoms with Gasteiger partial charge in [-0.25, -0.2) is 0 Å². The second-order valence-electron chi connectivity index (χ2n) is 4.89. The van der Waals surface area contributed by atoms with Crippen molar-refractivity contribution in [3.8, 4) is 5.75 Å². The Hall–Kier alpha value is -2.53. The number of hydrogen-bond donors (Lipinski definition) is 2. The van der Waals surface area contributed by atoms with E-state index in [-0.39, 0.29) is 11.8 Å². The SMILES string of the molecule is COc1ccccc1NC(=O)C(C)NC(=O)c1ccc(Cl)cc1. The number of hydrogen-bond acceptors (Lipinski definition) is 3. The number of anilines is 1. The molecule has 0 aromatic heterocycles. The topological polar surface area (TPSA) is 67.4 Å². The second kappa shape index (κ2) is 7.65. The molecule has 0 aliphatic carbocycles. The number of carbonyl (C=O) groups excluding carboxylic acids is 2. The van der Waals surface area contributed by atoms with Crippen molar-refractivity contribution in [3.63, 3.8) is 0 Å². The smallest absolute Gasteiger partial charge is 0.251 e. The highest BCUT2D eigenvalue weighted by Crippen LogP contribution is 2.23. The molecule has 5 nitrogen and oxygen atoms in total. The van der Waals surface area contributed by atoms with E-state index in [4.69, 9.17) is 16.3 Å². The van der Waals surface area contributed by atoms with Crippen LogP contribution < -0.4 is 15.4 Å². The van der Waals surface area contributed by atoms with Crippen molar-refractivity contribution in [3.05, 3.63) is 59.1 Å². The molecule has 0 radical (unpaired) electrons. The Morgan fingerprint density at radius 1 is 1.09 bits per heavy atom. The van der Waals surface area contributed by atoms with E-state index in [2.05, 4.69) is 10.6 Å². The molecule has 1 atom stereocenters. The van der Waals surface area contributed by atoms with Gasteiger partial charge in [0.05, 0.1) is 12.8 Å².